The molecule has 0 aliphatic carbocycles. The highest BCUT2D eigenvalue weighted by atomic mass is 16.5. The van der Waals surface area contributed by atoms with E-state index in [2.05, 4.69) is 31.4 Å². The van der Waals surface area contributed by atoms with E-state index in [-0.39, 0.29) is 0 Å². The summed E-state index contributed by atoms with van der Waals surface area (Å²) >= 11 is 0. The third kappa shape index (κ3) is 2.13. The summed E-state index contributed by atoms with van der Waals surface area (Å²) in [5, 5.41) is 10.2. The van der Waals surface area contributed by atoms with Gasteiger partial charge in [-0.15, -0.1) is 6.42 Å². The first-order valence-corrected chi connectivity index (χ1v) is 5.11. The zero-order chi connectivity index (χ0) is 12.5. The average Bonchev–Trinajstić information content (AvgIpc) is 2.76. The Morgan fingerprint density at radius 3 is 2.88 bits per heavy atom. The van der Waals surface area contributed by atoms with E-state index in [0.717, 1.165) is 0 Å². The van der Waals surface area contributed by atoms with Crippen molar-refractivity contribution in [1.29, 1.82) is 0 Å². The minimum absolute atomic E-state index is 0.413. The molecule has 0 saturated heterocycles. The van der Waals surface area contributed by atoms with Crippen LogP contribution in [0, 0.1) is 12.3 Å². The minimum Gasteiger partial charge on any atom is -0.458 e. The molecule has 0 spiro atoms. The molecule has 0 aromatic carbocycles. The lowest BCUT2D eigenvalue weighted by atomic mass is 10.1. The van der Waals surface area contributed by atoms with Crippen LogP contribution in [0.1, 0.15) is 13.8 Å². The summed E-state index contributed by atoms with van der Waals surface area (Å²) in [4.78, 5) is 8.42. The van der Waals surface area contributed by atoms with Crippen LogP contribution < -0.4 is 10.1 Å². The van der Waals surface area contributed by atoms with Crippen molar-refractivity contribution in [3.05, 3.63) is 6.20 Å². The molecule has 2 aromatic rings. The van der Waals surface area contributed by atoms with Gasteiger partial charge in [-0.25, -0.2) is 0 Å². The van der Waals surface area contributed by atoms with Gasteiger partial charge in [-0.3, -0.25) is 5.10 Å². The Kier molecular flexibility index (Phi) is 2.60. The van der Waals surface area contributed by atoms with Gasteiger partial charge in [0.2, 0.25) is 11.8 Å². The van der Waals surface area contributed by atoms with Gasteiger partial charge in [0.15, 0.2) is 11.2 Å². The molecule has 0 saturated carbocycles. The molecular weight excluding hydrogens is 218 g/mol. The van der Waals surface area contributed by atoms with Gasteiger partial charge in [0.25, 0.3) is 0 Å². The minimum atomic E-state index is -0.733. The highest BCUT2D eigenvalue weighted by Crippen LogP contribution is 2.25. The maximum atomic E-state index is 5.68. The van der Waals surface area contributed by atoms with Crippen molar-refractivity contribution in [2.24, 2.45) is 0 Å². The summed E-state index contributed by atoms with van der Waals surface area (Å²) < 4.78 is 5.68. The molecular formula is C11H13N5O. The molecule has 2 aromatic heterocycles. The molecule has 17 heavy (non-hydrogen) atoms. The Bertz CT molecular complexity index is 581. The number of anilines is 1. The van der Waals surface area contributed by atoms with Gasteiger partial charge in [-0.2, -0.15) is 15.1 Å². The fourth-order valence-corrected chi connectivity index (χ4v) is 1.27. The predicted molar refractivity (Wildman–Crippen MR) is 64.8 cm³/mol. The quantitative estimate of drug-likeness (QED) is 0.776. The largest absolute Gasteiger partial charge is 0.458 e. The van der Waals surface area contributed by atoms with Crippen LogP contribution in [0.25, 0.3) is 11.0 Å². The normalized spacial score (nSPS) is 11.2. The summed E-state index contributed by atoms with van der Waals surface area (Å²) in [7, 11) is 1.73. The molecule has 0 aliphatic heterocycles. The molecule has 2 heterocycles. The molecule has 0 bridgehead atoms. The summed E-state index contributed by atoms with van der Waals surface area (Å²) in [6, 6.07) is 0. The van der Waals surface area contributed by atoms with Crippen LogP contribution in [0.15, 0.2) is 6.20 Å². The molecule has 6 heteroatoms. The van der Waals surface area contributed by atoms with Crippen LogP contribution in [0.5, 0.6) is 5.88 Å². The molecule has 0 aliphatic rings. The number of hydrogen-bond acceptors (Lipinski definition) is 5. The van der Waals surface area contributed by atoms with Crippen molar-refractivity contribution >= 4 is 17.0 Å². The molecule has 2 rings (SSSR count). The number of hydrogen-bond donors (Lipinski definition) is 2. The van der Waals surface area contributed by atoms with Crippen molar-refractivity contribution in [2.45, 2.75) is 19.4 Å². The van der Waals surface area contributed by atoms with Crippen LogP contribution in [0.3, 0.4) is 0 Å². The van der Waals surface area contributed by atoms with Gasteiger partial charge in [-0.1, -0.05) is 5.92 Å². The maximum Gasteiger partial charge on any atom is 0.231 e. The first-order valence-electron chi connectivity index (χ1n) is 5.11. The average molecular weight is 231 g/mol. The van der Waals surface area contributed by atoms with Crippen molar-refractivity contribution in [3.8, 4) is 18.2 Å². The first-order chi connectivity index (χ1) is 8.05. The number of nitrogens with zero attached hydrogens (tertiary/aromatic N) is 3. The zero-order valence-corrected chi connectivity index (χ0v) is 9.90. The van der Waals surface area contributed by atoms with E-state index in [9.17, 15) is 0 Å². The second kappa shape index (κ2) is 3.94. The highest BCUT2D eigenvalue weighted by molar-refractivity contribution is 5.80. The number of aromatic amines is 1. The van der Waals surface area contributed by atoms with Crippen LogP contribution >= 0.6 is 0 Å². The van der Waals surface area contributed by atoms with E-state index in [0.29, 0.717) is 22.9 Å². The summed E-state index contributed by atoms with van der Waals surface area (Å²) in [6.45, 7) is 3.58. The Balaban J connectivity index is 2.52. The third-order valence-electron chi connectivity index (χ3n) is 2.20. The predicted octanol–water partition coefficient (Wildman–Crippen LogP) is 1.19. The van der Waals surface area contributed by atoms with Crippen LogP contribution in [0.2, 0.25) is 0 Å². The fraction of sp³-hybridized carbons (Fsp3) is 0.364. The monoisotopic (exact) mass is 231 g/mol. The molecule has 0 radical (unpaired) electrons. The smallest absolute Gasteiger partial charge is 0.231 e. The Morgan fingerprint density at radius 2 is 2.24 bits per heavy atom. The number of terminal acetylenes is 1. The number of aromatic nitrogens is 4. The fourth-order valence-electron chi connectivity index (χ4n) is 1.27. The van der Waals surface area contributed by atoms with Crippen LogP contribution in [-0.2, 0) is 0 Å². The summed E-state index contributed by atoms with van der Waals surface area (Å²) in [5.41, 5.74) is -0.129. The Labute approximate surface area is 98.8 Å². The molecule has 2 N–H and O–H groups in total. The van der Waals surface area contributed by atoms with Gasteiger partial charge in [-0.05, 0) is 13.8 Å². The number of rotatable bonds is 3. The molecule has 0 unspecified atom stereocenters. The number of nitrogens with one attached hydrogen (secondary N) is 2. The summed E-state index contributed by atoms with van der Waals surface area (Å²) in [5.74, 6) is 3.41. The molecule has 0 fully saturated rings. The third-order valence-corrected chi connectivity index (χ3v) is 2.20. The second-order valence-electron chi connectivity index (χ2n) is 3.99. The van der Waals surface area contributed by atoms with Crippen molar-refractivity contribution in [2.75, 3.05) is 12.4 Å². The van der Waals surface area contributed by atoms with Crippen molar-refractivity contribution < 1.29 is 4.74 Å². The van der Waals surface area contributed by atoms with Gasteiger partial charge in [0.1, 0.15) is 5.39 Å². The first kappa shape index (κ1) is 11.2. The number of ether oxygens (including phenoxy) is 1. The maximum absolute atomic E-state index is 5.68. The molecule has 6 nitrogen and oxygen atoms in total. The van der Waals surface area contributed by atoms with Gasteiger partial charge >= 0.3 is 0 Å². The van der Waals surface area contributed by atoms with E-state index < -0.39 is 5.60 Å². The van der Waals surface area contributed by atoms with E-state index in [1.54, 1.807) is 27.1 Å². The molecule has 0 atom stereocenters. The van der Waals surface area contributed by atoms with Gasteiger partial charge in [0, 0.05) is 7.05 Å². The Hall–Kier alpha value is -2.29. The van der Waals surface area contributed by atoms with Crippen LogP contribution in [-0.4, -0.2) is 32.8 Å². The lowest BCUT2D eigenvalue weighted by Crippen LogP contribution is -2.26. The lowest BCUT2D eigenvalue weighted by molar-refractivity contribution is 0.167. The van der Waals surface area contributed by atoms with Gasteiger partial charge < -0.3 is 10.1 Å². The standard InChI is InChI=1S/C11H13N5O/c1-5-11(2,3)17-9-7-6-13-16-8(7)14-10(12-4)15-9/h1,6H,2-4H3,(H2,12,13,14,15,16). The topological polar surface area (TPSA) is 75.7 Å². The Morgan fingerprint density at radius 1 is 1.47 bits per heavy atom. The zero-order valence-electron chi connectivity index (χ0n) is 9.90. The van der Waals surface area contributed by atoms with Crippen molar-refractivity contribution in [1.82, 2.24) is 20.2 Å². The SMILES string of the molecule is C#CC(C)(C)Oc1nc(NC)nc2[nH]ncc12. The second-order valence-corrected chi connectivity index (χ2v) is 3.99. The lowest BCUT2D eigenvalue weighted by Gasteiger charge is -2.19. The number of H-pyrrole nitrogens is 1. The van der Waals surface area contributed by atoms with E-state index in [1.165, 1.54) is 0 Å². The summed E-state index contributed by atoms with van der Waals surface area (Å²) in [6.07, 6.45) is 6.99. The van der Waals surface area contributed by atoms with Crippen LogP contribution in [0.4, 0.5) is 5.95 Å². The van der Waals surface area contributed by atoms with E-state index in [4.69, 9.17) is 11.2 Å². The number of fused-ring (bicyclic) bond motifs is 1. The molecule has 88 valence electrons. The molecule has 0 amide bonds. The van der Waals surface area contributed by atoms with E-state index >= 15 is 0 Å². The van der Waals surface area contributed by atoms with E-state index in [1.807, 2.05) is 0 Å². The highest BCUT2D eigenvalue weighted by Gasteiger charge is 2.20. The van der Waals surface area contributed by atoms with Gasteiger partial charge in [0.05, 0.1) is 6.20 Å². The van der Waals surface area contributed by atoms with Crippen molar-refractivity contribution in [3.63, 3.8) is 0 Å².